The normalized spacial score (nSPS) is 16.4. The Balaban J connectivity index is 0.000000442. The third-order valence-corrected chi connectivity index (χ3v) is 10.6. The van der Waals surface area contributed by atoms with E-state index in [2.05, 4.69) is 57.3 Å². The van der Waals surface area contributed by atoms with Crippen LogP contribution in [0.25, 0.3) is 11.3 Å². The number of likely N-dealkylation sites (tertiary alicyclic amines) is 1. The van der Waals surface area contributed by atoms with Crippen molar-refractivity contribution < 1.29 is 33.4 Å². The smallest absolute Gasteiger partial charge is 0.407 e. The molecular formula is C46H57N9O7. The molecule has 0 saturated carbocycles. The highest BCUT2D eigenvalue weighted by Gasteiger charge is 2.31. The number of ether oxygens (including phenoxy) is 2. The van der Waals surface area contributed by atoms with Crippen LogP contribution in [0.15, 0.2) is 103 Å². The Morgan fingerprint density at radius 1 is 0.839 bits per heavy atom. The van der Waals surface area contributed by atoms with Crippen LogP contribution in [0, 0.1) is 0 Å². The highest BCUT2D eigenvalue weighted by molar-refractivity contribution is 5.95. The molecule has 4 amide bonds. The monoisotopic (exact) mass is 847 g/mol. The number of H-pyrrole nitrogens is 2. The Kier molecular flexibility index (Phi) is 18.2. The maximum atomic E-state index is 13.2. The topological polar surface area (TPSA) is 204 Å². The van der Waals surface area contributed by atoms with E-state index in [-0.39, 0.29) is 24.3 Å². The molecule has 328 valence electrons. The molecule has 16 nitrogen and oxygen atoms in total. The number of imidazole rings is 2. The summed E-state index contributed by atoms with van der Waals surface area (Å²) in [5, 5.41) is 7.66. The maximum absolute atomic E-state index is 13.2. The zero-order chi connectivity index (χ0) is 44.1. The van der Waals surface area contributed by atoms with Crippen LogP contribution in [0.2, 0.25) is 0 Å². The van der Waals surface area contributed by atoms with E-state index in [0.717, 1.165) is 72.9 Å². The molecule has 3 atom stereocenters. The van der Waals surface area contributed by atoms with Gasteiger partial charge < -0.3 is 45.1 Å². The fourth-order valence-electron chi connectivity index (χ4n) is 7.26. The average molecular weight is 848 g/mol. The lowest BCUT2D eigenvalue weighted by atomic mass is 9.95. The second-order valence-electron chi connectivity index (χ2n) is 14.8. The lowest BCUT2D eigenvalue weighted by Gasteiger charge is -2.31. The van der Waals surface area contributed by atoms with Gasteiger partial charge in [-0.25, -0.2) is 19.6 Å². The molecule has 5 aromatic rings. The molecule has 62 heavy (non-hydrogen) atoms. The SMILES string of the molecule is COC(=O)NC(C(=O)NCCCCc1ncc(-c2ccc(N3CCC(c4ncc(C5CCCN5C)[nH]4)CC3=O)cc2)[nH]1)c1ccccc1.COC(=O)NCC=O.c1ccccc1. The van der Waals surface area contributed by atoms with Gasteiger partial charge in [-0.15, -0.1) is 0 Å². The largest absolute Gasteiger partial charge is 0.453 e. The molecule has 16 heteroatoms. The van der Waals surface area contributed by atoms with Gasteiger partial charge in [0, 0.05) is 43.7 Å². The zero-order valence-electron chi connectivity index (χ0n) is 35.5. The minimum atomic E-state index is -0.832. The number of nitrogens with zero attached hydrogens (tertiary/aromatic N) is 4. The molecule has 0 radical (unpaired) electrons. The van der Waals surface area contributed by atoms with Gasteiger partial charge in [-0.3, -0.25) is 14.5 Å². The number of hydrogen-bond acceptors (Lipinski definition) is 10. The highest BCUT2D eigenvalue weighted by Crippen LogP contribution is 2.34. The van der Waals surface area contributed by atoms with Gasteiger partial charge in [-0.2, -0.15) is 0 Å². The number of amides is 4. The quantitative estimate of drug-likeness (QED) is 0.0629. The summed E-state index contributed by atoms with van der Waals surface area (Å²) in [4.78, 5) is 77.8. The molecule has 2 aliphatic heterocycles. The van der Waals surface area contributed by atoms with Crippen LogP contribution < -0.4 is 20.9 Å². The van der Waals surface area contributed by atoms with E-state index in [1.54, 1.807) is 12.1 Å². The third kappa shape index (κ3) is 13.9. The van der Waals surface area contributed by atoms with Crippen LogP contribution in [-0.2, 0) is 30.3 Å². The second kappa shape index (κ2) is 24.4. The number of aryl methyl sites for hydroxylation is 1. The Morgan fingerprint density at radius 3 is 2.16 bits per heavy atom. The summed E-state index contributed by atoms with van der Waals surface area (Å²) < 4.78 is 8.83. The first-order valence-corrected chi connectivity index (χ1v) is 20.8. The van der Waals surface area contributed by atoms with E-state index >= 15 is 0 Å². The van der Waals surface area contributed by atoms with Crippen LogP contribution >= 0.6 is 0 Å². The van der Waals surface area contributed by atoms with Crippen LogP contribution in [0.1, 0.15) is 79.4 Å². The Labute approximate surface area is 362 Å². The van der Waals surface area contributed by atoms with Crippen LogP contribution in [-0.4, -0.2) is 103 Å². The molecule has 2 fully saturated rings. The molecule has 0 aliphatic carbocycles. The number of rotatable bonds is 14. The fraction of sp³-hybridized carbons (Fsp3) is 0.370. The van der Waals surface area contributed by atoms with E-state index in [1.807, 2.05) is 96.2 Å². The number of carbonyl (C=O) groups is 5. The van der Waals surface area contributed by atoms with E-state index < -0.39 is 18.2 Å². The molecule has 7 rings (SSSR count). The number of benzene rings is 3. The first-order valence-electron chi connectivity index (χ1n) is 20.8. The number of aldehydes is 1. The second-order valence-corrected chi connectivity index (χ2v) is 14.8. The molecule has 3 aromatic carbocycles. The molecule has 4 heterocycles. The van der Waals surface area contributed by atoms with Crippen molar-refractivity contribution in [1.29, 1.82) is 0 Å². The van der Waals surface area contributed by atoms with Gasteiger partial charge >= 0.3 is 12.2 Å². The van der Waals surface area contributed by atoms with Crippen molar-refractivity contribution in [1.82, 2.24) is 40.8 Å². The van der Waals surface area contributed by atoms with Gasteiger partial charge in [0.25, 0.3) is 0 Å². The maximum Gasteiger partial charge on any atom is 0.407 e. The first-order chi connectivity index (χ1) is 30.2. The highest BCUT2D eigenvalue weighted by atomic mass is 16.5. The van der Waals surface area contributed by atoms with Crippen LogP contribution in [0.4, 0.5) is 15.3 Å². The van der Waals surface area contributed by atoms with Crippen molar-refractivity contribution in [3.63, 3.8) is 0 Å². The van der Waals surface area contributed by atoms with E-state index in [0.29, 0.717) is 37.4 Å². The minimum absolute atomic E-state index is 0.00662. The van der Waals surface area contributed by atoms with Gasteiger partial charge in [0.1, 0.15) is 24.0 Å². The molecule has 2 saturated heterocycles. The number of methoxy groups -OCH3 is 2. The van der Waals surface area contributed by atoms with Crippen molar-refractivity contribution in [3.8, 4) is 11.3 Å². The summed E-state index contributed by atoms with van der Waals surface area (Å²) in [5.74, 6) is 1.74. The van der Waals surface area contributed by atoms with Gasteiger partial charge in [0.15, 0.2) is 0 Å². The lowest BCUT2D eigenvalue weighted by molar-refractivity contribution is -0.123. The molecule has 0 bridgehead atoms. The number of unbranched alkanes of at least 4 members (excludes halogenated alkanes) is 1. The van der Waals surface area contributed by atoms with Crippen molar-refractivity contribution in [2.75, 3.05) is 52.3 Å². The fourth-order valence-corrected chi connectivity index (χ4v) is 7.26. The summed E-state index contributed by atoms with van der Waals surface area (Å²) in [6.07, 6.45) is 9.07. The molecule has 0 spiro atoms. The lowest BCUT2D eigenvalue weighted by Crippen LogP contribution is -2.40. The van der Waals surface area contributed by atoms with Gasteiger partial charge in [-0.05, 0) is 69.0 Å². The van der Waals surface area contributed by atoms with Crippen molar-refractivity contribution in [3.05, 3.63) is 126 Å². The van der Waals surface area contributed by atoms with Gasteiger partial charge in [0.2, 0.25) is 11.8 Å². The van der Waals surface area contributed by atoms with Crippen molar-refractivity contribution in [2.24, 2.45) is 0 Å². The number of anilines is 1. The Morgan fingerprint density at radius 2 is 1.53 bits per heavy atom. The number of aromatic amines is 2. The number of hydrogen-bond donors (Lipinski definition) is 5. The summed E-state index contributed by atoms with van der Waals surface area (Å²) in [5.41, 5.74) is 4.64. The Hall–Kier alpha value is -6.81. The van der Waals surface area contributed by atoms with E-state index in [9.17, 15) is 24.0 Å². The summed E-state index contributed by atoms with van der Waals surface area (Å²) in [7, 11) is 4.66. The Bertz CT molecular complexity index is 2120. The van der Waals surface area contributed by atoms with Gasteiger partial charge in [0.05, 0.1) is 44.4 Å². The number of carbonyl (C=O) groups excluding carboxylic acids is 5. The number of aromatic nitrogens is 4. The molecule has 5 N–H and O–H groups in total. The predicted octanol–water partition coefficient (Wildman–Crippen LogP) is 6.24. The molecule has 2 aromatic heterocycles. The van der Waals surface area contributed by atoms with Crippen LogP contribution in [0.3, 0.4) is 0 Å². The minimum Gasteiger partial charge on any atom is -0.453 e. The molecule has 3 unspecified atom stereocenters. The number of alkyl carbamates (subject to hydrolysis) is 2. The number of nitrogens with one attached hydrogen (secondary N) is 5. The first kappa shape index (κ1) is 46.3. The van der Waals surface area contributed by atoms with Crippen molar-refractivity contribution >= 4 is 36.0 Å². The molecular weight excluding hydrogens is 791 g/mol. The number of piperidine rings is 1. The zero-order valence-corrected chi connectivity index (χ0v) is 35.5. The standard InChI is InChI=1S/C36H44N8O4.C6H6.C4H7NO3/c1-43-19-8-11-30(43)29-23-39-34(41-29)26-17-20-44(32(45)21-26)27-15-13-24(14-16-27)28-22-38-31(40-28)12-6-7-18-37-35(46)33(42-36(47)48-2)25-9-4-3-5-10-25;1-2-4-6-5-3-1;1-8-4(7)5-2-3-6/h3-5,9-10,13-16,22-23,26,30,33H,6-8,11-12,17-21H2,1-2H3,(H,37,46)(H,38,40)(H,39,41)(H,42,47);1-6H;3H,2H2,1H3,(H,5,7). The summed E-state index contributed by atoms with van der Waals surface area (Å²) in [6, 6.07) is 28.7. The third-order valence-electron chi connectivity index (χ3n) is 10.6. The summed E-state index contributed by atoms with van der Waals surface area (Å²) in [6.45, 7) is 2.24. The predicted molar refractivity (Wildman–Crippen MR) is 235 cm³/mol. The van der Waals surface area contributed by atoms with E-state index in [1.165, 1.54) is 20.6 Å². The summed E-state index contributed by atoms with van der Waals surface area (Å²) >= 11 is 0. The van der Waals surface area contributed by atoms with Crippen LogP contribution in [0.5, 0.6) is 0 Å². The molecule has 2 aliphatic rings. The average Bonchev–Trinajstić information content (AvgIpc) is 4.10. The van der Waals surface area contributed by atoms with E-state index in [4.69, 9.17) is 0 Å². The van der Waals surface area contributed by atoms with Crippen molar-refractivity contribution in [2.45, 2.75) is 62.9 Å². The van der Waals surface area contributed by atoms with Gasteiger partial charge in [-0.1, -0.05) is 78.9 Å².